The third-order valence-electron chi connectivity index (χ3n) is 5.73. The number of esters is 1. The van der Waals surface area contributed by atoms with E-state index in [-0.39, 0.29) is 19.1 Å². The monoisotopic (exact) mass is 462 g/mol. The molecule has 0 N–H and O–H groups in total. The summed E-state index contributed by atoms with van der Waals surface area (Å²) in [4.78, 5) is 20.2. The molecule has 0 atom stereocenters. The number of aryl methyl sites for hydroxylation is 1. The molecule has 11 heteroatoms. The second-order valence-electron chi connectivity index (χ2n) is 8.09. The molecule has 0 bridgehead atoms. The van der Waals surface area contributed by atoms with Crippen LogP contribution in [0.3, 0.4) is 0 Å². The van der Waals surface area contributed by atoms with Crippen LogP contribution in [0.5, 0.6) is 0 Å². The fraction of sp³-hybridized carbons (Fsp3) is 0.391. The number of hydrogen-bond donors (Lipinski definition) is 0. The van der Waals surface area contributed by atoms with Crippen LogP contribution in [0.2, 0.25) is 0 Å². The number of benzene rings is 1. The van der Waals surface area contributed by atoms with Gasteiger partial charge in [0.1, 0.15) is 12.2 Å². The number of oxime groups is 1. The Morgan fingerprint density at radius 1 is 1.24 bits per heavy atom. The molecular formula is C23H26N8O3. The van der Waals surface area contributed by atoms with Crippen molar-refractivity contribution in [3.05, 3.63) is 80.7 Å². The number of nitrogens with zero attached hydrogens (tertiary/aromatic N) is 8. The molecule has 0 saturated carbocycles. The number of hydrogen-bond acceptors (Lipinski definition) is 7. The highest BCUT2D eigenvalue weighted by Gasteiger charge is 2.23. The Balaban J connectivity index is 1.36. The van der Waals surface area contributed by atoms with E-state index in [2.05, 4.69) is 25.5 Å². The van der Waals surface area contributed by atoms with E-state index in [0.29, 0.717) is 18.8 Å². The molecule has 11 nitrogen and oxygen atoms in total. The van der Waals surface area contributed by atoms with Crippen molar-refractivity contribution >= 4 is 11.7 Å². The molecule has 0 unspecified atom stereocenters. The van der Waals surface area contributed by atoms with Gasteiger partial charge in [-0.2, -0.15) is 0 Å². The summed E-state index contributed by atoms with van der Waals surface area (Å²) in [5.74, 6) is -0.269. The second-order valence-corrected chi connectivity index (χ2v) is 8.09. The maximum atomic E-state index is 11.8. The van der Waals surface area contributed by atoms with Gasteiger partial charge in [-0.1, -0.05) is 39.7 Å². The van der Waals surface area contributed by atoms with Crippen LogP contribution in [0.25, 0.3) is 10.4 Å². The standard InChI is InChI=1S/C23H26N8O3/c1-16-10-20-21(4-3-5-22(20)31(16)14-23(32)33-2)27-34-15-19-13-30(29-26-19)12-18-8-6-17(7-9-18)11-25-28-24/h6-10,13H,3-5,11-12,14-15H2,1-2H3/b27-21-. The van der Waals surface area contributed by atoms with Gasteiger partial charge in [0.05, 0.1) is 32.1 Å². The van der Waals surface area contributed by atoms with Crippen molar-refractivity contribution < 1.29 is 14.4 Å². The predicted molar refractivity (Wildman–Crippen MR) is 124 cm³/mol. The highest BCUT2D eigenvalue weighted by molar-refractivity contribution is 6.02. The molecule has 1 aliphatic carbocycles. The van der Waals surface area contributed by atoms with E-state index in [4.69, 9.17) is 15.1 Å². The van der Waals surface area contributed by atoms with E-state index < -0.39 is 0 Å². The third kappa shape index (κ3) is 5.44. The van der Waals surface area contributed by atoms with Crippen LogP contribution in [0.15, 0.2) is 46.8 Å². The molecule has 0 spiro atoms. The smallest absolute Gasteiger partial charge is 0.325 e. The number of ether oxygens (including phenoxy) is 1. The Hall–Kier alpha value is -4.11. The summed E-state index contributed by atoms with van der Waals surface area (Å²) in [5.41, 5.74) is 15.1. The van der Waals surface area contributed by atoms with Gasteiger partial charge >= 0.3 is 5.97 Å². The molecule has 2 heterocycles. The number of aromatic nitrogens is 4. The van der Waals surface area contributed by atoms with Crippen molar-refractivity contribution in [2.75, 3.05) is 7.11 Å². The average Bonchev–Trinajstić information content (AvgIpc) is 3.42. The summed E-state index contributed by atoms with van der Waals surface area (Å²) in [7, 11) is 1.40. The SMILES string of the molecule is COC(=O)Cn1c(C)cc2c1CCC/C2=N/OCc1cn(Cc2ccc(CN=[N+]=[N-])cc2)nn1. The molecule has 1 aliphatic rings. The maximum Gasteiger partial charge on any atom is 0.325 e. The molecule has 0 saturated heterocycles. The first-order valence-corrected chi connectivity index (χ1v) is 11.0. The van der Waals surface area contributed by atoms with Crippen molar-refractivity contribution in [1.82, 2.24) is 19.6 Å². The fourth-order valence-corrected chi connectivity index (χ4v) is 4.02. The van der Waals surface area contributed by atoms with E-state index in [9.17, 15) is 4.79 Å². The number of azide groups is 1. The molecular weight excluding hydrogens is 436 g/mol. The molecule has 4 rings (SSSR count). The summed E-state index contributed by atoms with van der Waals surface area (Å²) in [6.07, 6.45) is 4.48. The Morgan fingerprint density at radius 3 is 2.79 bits per heavy atom. The first-order chi connectivity index (χ1) is 16.6. The van der Waals surface area contributed by atoms with E-state index in [1.165, 1.54) is 7.11 Å². The number of carbonyl (C=O) groups is 1. The molecule has 2 aromatic heterocycles. The van der Waals surface area contributed by atoms with E-state index in [0.717, 1.165) is 53.1 Å². The minimum Gasteiger partial charge on any atom is -0.468 e. The largest absolute Gasteiger partial charge is 0.468 e. The lowest BCUT2D eigenvalue weighted by Gasteiger charge is -2.17. The van der Waals surface area contributed by atoms with Gasteiger partial charge in [-0.15, -0.1) is 5.10 Å². The van der Waals surface area contributed by atoms with Gasteiger partial charge in [-0.3, -0.25) is 4.79 Å². The topological polar surface area (TPSA) is 132 Å². The highest BCUT2D eigenvalue weighted by Crippen LogP contribution is 2.26. The second kappa shape index (κ2) is 10.7. The van der Waals surface area contributed by atoms with Crippen LogP contribution < -0.4 is 0 Å². The van der Waals surface area contributed by atoms with Crippen LogP contribution in [-0.4, -0.2) is 38.4 Å². The van der Waals surface area contributed by atoms with Gasteiger partial charge in [0.25, 0.3) is 0 Å². The lowest BCUT2D eigenvalue weighted by molar-refractivity contribution is -0.141. The molecule has 0 fully saturated rings. The molecule has 3 aromatic rings. The van der Waals surface area contributed by atoms with Gasteiger partial charge in [0, 0.05) is 21.9 Å². The Labute approximate surface area is 196 Å². The Morgan fingerprint density at radius 2 is 2.03 bits per heavy atom. The number of carbonyl (C=O) groups excluding carboxylic acids is 1. The molecule has 0 aliphatic heterocycles. The quantitative estimate of drug-likeness (QED) is 0.157. The first kappa shape index (κ1) is 23.1. The van der Waals surface area contributed by atoms with Gasteiger partial charge in [-0.05, 0) is 48.9 Å². The van der Waals surface area contributed by atoms with E-state index in [1.54, 1.807) is 4.68 Å². The van der Waals surface area contributed by atoms with Gasteiger partial charge in [-0.25, -0.2) is 4.68 Å². The molecule has 0 radical (unpaired) electrons. The van der Waals surface area contributed by atoms with Crippen molar-refractivity contribution in [2.45, 2.75) is 52.4 Å². The zero-order valence-electron chi connectivity index (χ0n) is 19.2. The number of fused-ring (bicyclic) bond motifs is 1. The minimum absolute atomic E-state index is 0.200. The molecule has 34 heavy (non-hydrogen) atoms. The summed E-state index contributed by atoms with van der Waals surface area (Å²) >= 11 is 0. The number of methoxy groups -OCH3 is 1. The zero-order chi connectivity index (χ0) is 23.9. The van der Waals surface area contributed by atoms with Crippen LogP contribution in [0.4, 0.5) is 0 Å². The molecule has 1 aromatic carbocycles. The van der Waals surface area contributed by atoms with E-state index >= 15 is 0 Å². The van der Waals surface area contributed by atoms with Gasteiger partial charge in [0.15, 0.2) is 6.61 Å². The summed E-state index contributed by atoms with van der Waals surface area (Å²) in [6, 6.07) is 9.86. The normalized spacial score (nSPS) is 13.9. The van der Waals surface area contributed by atoms with Crippen LogP contribution in [0, 0.1) is 6.92 Å². The molecule has 176 valence electrons. The zero-order valence-corrected chi connectivity index (χ0v) is 19.2. The fourth-order valence-electron chi connectivity index (χ4n) is 4.02. The van der Waals surface area contributed by atoms with Crippen LogP contribution >= 0.6 is 0 Å². The third-order valence-corrected chi connectivity index (χ3v) is 5.73. The summed E-state index contributed by atoms with van der Waals surface area (Å²) < 4.78 is 8.55. The lowest BCUT2D eigenvalue weighted by Crippen LogP contribution is -2.19. The average molecular weight is 463 g/mol. The van der Waals surface area contributed by atoms with Crippen molar-refractivity contribution in [2.24, 2.45) is 10.3 Å². The van der Waals surface area contributed by atoms with Crippen LogP contribution in [0.1, 0.15) is 46.6 Å². The summed E-state index contributed by atoms with van der Waals surface area (Å²) in [5, 5.41) is 16.3. The minimum atomic E-state index is -0.269. The van der Waals surface area contributed by atoms with Crippen molar-refractivity contribution in [3.8, 4) is 0 Å². The van der Waals surface area contributed by atoms with Gasteiger partial charge in [0.2, 0.25) is 0 Å². The number of rotatable bonds is 9. The Bertz CT molecular complexity index is 1240. The summed E-state index contributed by atoms with van der Waals surface area (Å²) in [6.45, 7) is 3.30. The maximum absolute atomic E-state index is 11.8. The van der Waals surface area contributed by atoms with E-state index in [1.807, 2.05) is 48.0 Å². The van der Waals surface area contributed by atoms with Crippen LogP contribution in [-0.2, 0) is 47.0 Å². The van der Waals surface area contributed by atoms with Gasteiger partial charge < -0.3 is 14.1 Å². The van der Waals surface area contributed by atoms with Crippen molar-refractivity contribution in [1.29, 1.82) is 0 Å². The molecule has 0 amide bonds. The lowest BCUT2D eigenvalue weighted by atomic mass is 9.96. The highest BCUT2D eigenvalue weighted by atomic mass is 16.6. The van der Waals surface area contributed by atoms with Crippen molar-refractivity contribution in [3.63, 3.8) is 0 Å². The first-order valence-electron chi connectivity index (χ1n) is 11.0. The predicted octanol–water partition coefficient (Wildman–Crippen LogP) is 3.68. The Kier molecular flexibility index (Phi) is 7.24.